The molecule has 152 valence electrons. The van der Waals surface area contributed by atoms with Gasteiger partial charge in [0.2, 0.25) is 0 Å². The van der Waals surface area contributed by atoms with E-state index in [1.165, 1.54) is 0 Å². The van der Waals surface area contributed by atoms with Crippen molar-refractivity contribution in [1.82, 2.24) is 16.0 Å². The number of hydrogen-bond acceptors (Lipinski definition) is 3. The van der Waals surface area contributed by atoms with Crippen molar-refractivity contribution in [2.24, 2.45) is 4.99 Å². The van der Waals surface area contributed by atoms with E-state index in [0.717, 1.165) is 42.3 Å². The highest BCUT2D eigenvalue weighted by atomic mass is 127. The Morgan fingerprint density at radius 1 is 1.11 bits per heavy atom. The van der Waals surface area contributed by atoms with E-state index < -0.39 is 0 Å². The van der Waals surface area contributed by atoms with Crippen molar-refractivity contribution < 1.29 is 9.53 Å². The molecule has 0 unspecified atom stereocenters. The highest BCUT2D eigenvalue weighted by Crippen LogP contribution is 2.17. The molecule has 0 heterocycles. The first kappa shape index (κ1) is 23.7. The number of methoxy groups -OCH3 is 1. The van der Waals surface area contributed by atoms with Crippen LogP contribution in [-0.4, -0.2) is 39.1 Å². The van der Waals surface area contributed by atoms with Gasteiger partial charge in [-0.15, -0.1) is 24.0 Å². The van der Waals surface area contributed by atoms with Crippen molar-refractivity contribution in [3.05, 3.63) is 65.2 Å². The van der Waals surface area contributed by atoms with Gasteiger partial charge < -0.3 is 20.7 Å². The van der Waals surface area contributed by atoms with Crippen molar-refractivity contribution in [2.45, 2.75) is 19.9 Å². The van der Waals surface area contributed by atoms with Crippen LogP contribution in [0, 0.1) is 0 Å². The molecule has 7 heteroatoms. The number of carbonyl (C=O) groups excluding carboxylic acids is 1. The van der Waals surface area contributed by atoms with Crippen LogP contribution in [0.4, 0.5) is 0 Å². The lowest BCUT2D eigenvalue weighted by molar-refractivity contribution is 0.0963. The average molecular weight is 496 g/mol. The number of amides is 1. The van der Waals surface area contributed by atoms with Crippen molar-refractivity contribution in [3.8, 4) is 5.75 Å². The molecule has 0 aliphatic rings. The highest BCUT2D eigenvalue weighted by Gasteiger charge is 2.05. The Kier molecular flexibility index (Phi) is 11.0. The number of carbonyl (C=O) groups is 1. The number of hydrogen-bond donors (Lipinski definition) is 3. The second kappa shape index (κ2) is 13.0. The zero-order chi connectivity index (χ0) is 19.5. The number of nitrogens with zero attached hydrogens (tertiary/aromatic N) is 1. The van der Waals surface area contributed by atoms with Crippen molar-refractivity contribution >= 4 is 35.8 Å². The third-order valence-electron chi connectivity index (χ3n) is 4.06. The highest BCUT2D eigenvalue weighted by molar-refractivity contribution is 14.0. The summed E-state index contributed by atoms with van der Waals surface area (Å²) in [7, 11) is 3.31. The molecule has 3 N–H and O–H groups in total. The SMILES string of the molecule is CCNC(=NCc1cccc(C(=O)NC)c1)NCCc1ccccc1OC.I. The summed E-state index contributed by atoms with van der Waals surface area (Å²) in [5.41, 5.74) is 2.78. The first-order valence-corrected chi connectivity index (χ1v) is 9.13. The molecule has 2 rings (SSSR count). The number of para-hydroxylation sites is 1. The quantitative estimate of drug-likeness (QED) is 0.299. The second-order valence-electron chi connectivity index (χ2n) is 5.96. The van der Waals surface area contributed by atoms with Gasteiger partial charge in [-0.2, -0.15) is 0 Å². The summed E-state index contributed by atoms with van der Waals surface area (Å²) < 4.78 is 5.39. The lowest BCUT2D eigenvalue weighted by atomic mass is 10.1. The third kappa shape index (κ3) is 7.38. The Balaban J connectivity index is 0.00000392. The third-order valence-corrected chi connectivity index (χ3v) is 4.06. The van der Waals surface area contributed by atoms with Crippen LogP contribution in [0.15, 0.2) is 53.5 Å². The number of benzene rings is 2. The second-order valence-corrected chi connectivity index (χ2v) is 5.96. The Labute approximate surface area is 184 Å². The van der Waals surface area contributed by atoms with E-state index in [2.05, 4.69) is 27.0 Å². The van der Waals surface area contributed by atoms with Crippen LogP contribution in [-0.2, 0) is 13.0 Å². The van der Waals surface area contributed by atoms with Crippen LogP contribution in [0.2, 0.25) is 0 Å². The minimum atomic E-state index is -0.0948. The predicted molar refractivity (Wildman–Crippen MR) is 125 cm³/mol. The number of aliphatic imine (C=N–C) groups is 1. The molecule has 0 saturated carbocycles. The predicted octanol–water partition coefficient (Wildman–Crippen LogP) is 2.97. The summed E-state index contributed by atoms with van der Waals surface area (Å²) in [5.74, 6) is 1.55. The molecule has 2 aromatic rings. The van der Waals surface area contributed by atoms with Gasteiger partial charge in [0.25, 0.3) is 5.91 Å². The van der Waals surface area contributed by atoms with E-state index in [-0.39, 0.29) is 29.9 Å². The molecular weight excluding hydrogens is 467 g/mol. The first-order valence-electron chi connectivity index (χ1n) is 9.13. The van der Waals surface area contributed by atoms with E-state index in [0.29, 0.717) is 12.1 Å². The molecule has 6 nitrogen and oxygen atoms in total. The van der Waals surface area contributed by atoms with Gasteiger partial charge in [0, 0.05) is 25.7 Å². The molecule has 0 spiro atoms. The Hall–Kier alpha value is -2.29. The smallest absolute Gasteiger partial charge is 0.251 e. The molecule has 0 atom stereocenters. The van der Waals surface area contributed by atoms with Gasteiger partial charge in [-0.05, 0) is 42.7 Å². The molecule has 1 amide bonds. The van der Waals surface area contributed by atoms with Crippen molar-refractivity contribution in [3.63, 3.8) is 0 Å². The molecular formula is C21H29IN4O2. The van der Waals surface area contributed by atoms with Crippen LogP contribution < -0.4 is 20.7 Å². The molecule has 0 aliphatic heterocycles. The van der Waals surface area contributed by atoms with Gasteiger partial charge in [0.05, 0.1) is 13.7 Å². The lowest BCUT2D eigenvalue weighted by Crippen LogP contribution is -2.38. The van der Waals surface area contributed by atoms with Gasteiger partial charge in [0.1, 0.15) is 5.75 Å². The molecule has 28 heavy (non-hydrogen) atoms. The van der Waals surface area contributed by atoms with Gasteiger partial charge in [-0.1, -0.05) is 30.3 Å². The standard InChI is InChI=1S/C21H28N4O2.HI/c1-4-23-21(24-13-12-17-9-5-6-11-19(17)27-3)25-15-16-8-7-10-18(14-16)20(26)22-2;/h5-11,14H,4,12-13,15H2,1-3H3,(H,22,26)(H2,23,24,25);1H. The van der Waals surface area contributed by atoms with Gasteiger partial charge in [-0.3, -0.25) is 4.79 Å². The normalized spacial score (nSPS) is 10.6. The van der Waals surface area contributed by atoms with Gasteiger partial charge in [0.15, 0.2) is 5.96 Å². The van der Waals surface area contributed by atoms with Crippen molar-refractivity contribution in [1.29, 1.82) is 0 Å². The van der Waals surface area contributed by atoms with E-state index in [9.17, 15) is 4.79 Å². The minimum Gasteiger partial charge on any atom is -0.496 e. The number of guanidine groups is 1. The number of nitrogens with one attached hydrogen (secondary N) is 3. The Bertz CT molecular complexity index is 781. The van der Waals surface area contributed by atoms with Gasteiger partial charge in [-0.25, -0.2) is 4.99 Å². The first-order chi connectivity index (χ1) is 13.2. The van der Waals surface area contributed by atoms with Crippen LogP contribution in [0.5, 0.6) is 5.75 Å². The number of rotatable bonds is 8. The zero-order valence-corrected chi connectivity index (χ0v) is 18.9. The van der Waals surface area contributed by atoms with Crippen LogP contribution in [0.3, 0.4) is 0 Å². The fourth-order valence-electron chi connectivity index (χ4n) is 2.69. The van der Waals surface area contributed by atoms with Crippen molar-refractivity contribution in [2.75, 3.05) is 27.2 Å². The largest absolute Gasteiger partial charge is 0.496 e. The fourth-order valence-corrected chi connectivity index (χ4v) is 2.69. The Morgan fingerprint density at radius 2 is 1.89 bits per heavy atom. The van der Waals surface area contributed by atoms with Crippen LogP contribution >= 0.6 is 24.0 Å². The number of halogens is 1. The van der Waals surface area contributed by atoms with E-state index in [1.54, 1.807) is 20.2 Å². The van der Waals surface area contributed by atoms with Crippen LogP contribution in [0.25, 0.3) is 0 Å². The maximum absolute atomic E-state index is 11.8. The minimum absolute atomic E-state index is 0. The van der Waals surface area contributed by atoms with Gasteiger partial charge >= 0.3 is 0 Å². The molecule has 0 radical (unpaired) electrons. The summed E-state index contributed by atoms with van der Waals surface area (Å²) in [6.07, 6.45) is 0.834. The summed E-state index contributed by atoms with van der Waals surface area (Å²) in [6, 6.07) is 15.5. The summed E-state index contributed by atoms with van der Waals surface area (Å²) in [4.78, 5) is 16.4. The topological polar surface area (TPSA) is 74.8 Å². The summed E-state index contributed by atoms with van der Waals surface area (Å²) in [6.45, 7) is 4.04. The monoisotopic (exact) mass is 496 g/mol. The average Bonchev–Trinajstić information content (AvgIpc) is 2.72. The molecule has 0 fully saturated rings. The summed E-state index contributed by atoms with van der Waals surface area (Å²) >= 11 is 0. The molecule has 0 saturated heterocycles. The maximum Gasteiger partial charge on any atom is 0.251 e. The summed E-state index contributed by atoms with van der Waals surface area (Å²) in [5, 5.41) is 9.22. The van der Waals surface area contributed by atoms with E-state index >= 15 is 0 Å². The van der Waals surface area contributed by atoms with E-state index in [1.807, 2.05) is 43.3 Å². The lowest BCUT2D eigenvalue weighted by Gasteiger charge is -2.13. The fraction of sp³-hybridized carbons (Fsp3) is 0.333. The number of ether oxygens (including phenoxy) is 1. The zero-order valence-electron chi connectivity index (χ0n) is 16.6. The maximum atomic E-state index is 11.8. The molecule has 0 aromatic heterocycles. The molecule has 0 aliphatic carbocycles. The van der Waals surface area contributed by atoms with Crippen LogP contribution in [0.1, 0.15) is 28.4 Å². The van der Waals surface area contributed by atoms with E-state index in [4.69, 9.17) is 4.74 Å². The Morgan fingerprint density at radius 3 is 2.61 bits per heavy atom. The molecule has 0 bridgehead atoms. The molecule has 2 aromatic carbocycles.